The zero-order chi connectivity index (χ0) is 10.5. The number of halogens is 1. The molecule has 0 spiro atoms. The predicted octanol–water partition coefficient (Wildman–Crippen LogP) is 1.14. The van der Waals surface area contributed by atoms with Crippen LogP contribution in [-0.2, 0) is 9.84 Å². The Morgan fingerprint density at radius 3 is 2.38 bits per heavy atom. The van der Waals surface area contributed by atoms with Crippen LogP contribution < -0.4 is 0 Å². The average Bonchev–Trinajstić information content (AvgIpc) is 2.00. The van der Waals surface area contributed by atoms with Gasteiger partial charge in [0.2, 0.25) is 0 Å². The van der Waals surface area contributed by atoms with Gasteiger partial charge in [0.25, 0.3) is 0 Å². The Balaban J connectivity index is 3.65. The van der Waals surface area contributed by atoms with Crippen molar-refractivity contribution in [3.05, 3.63) is 0 Å². The first kappa shape index (κ1) is 13.4. The normalized spacial score (nSPS) is 14.8. The number of hydrogen-bond acceptors (Lipinski definition) is 3. The molecule has 0 fully saturated rings. The predicted molar refractivity (Wildman–Crippen MR) is 60.2 cm³/mol. The smallest absolute Gasteiger partial charge is 0.147 e. The fourth-order valence-corrected chi connectivity index (χ4v) is 2.06. The number of sulfone groups is 1. The van der Waals surface area contributed by atoms with Gasteiger partial charge in [0, 0.05) is 17.6 Å². The molecule has 0 saturated heterocycles. The summed E-state index contributed by atoms with van der Waals surface area (Å²) >= 11 is 3.39. The van der Waals surface area contributed by atoms with Crippen molar-refractivity contribution in [2.45, 2.75) is 19.4 Å². The van der Waals surface area contributed by atoms with Crippen LogP contribution in [-0.4, -0.2) is 50.3 Å². The van der Waals surface area contributed by atoms with Crippen LogP contribution in [0, 0.1) is 0 Å². The maximum atomic E-state index is 10.8. The average molecular weight is 272 g/mol. The van der Waals surface area contributed by atoms with E-state index in [-0.39, 0.29) is 5.75 Å². The minimum Gasteiger partial charge on any atom is -0.303 e. The molecule has 1 atom stereocenters. The summed E-state index contributed by atoms with van der Waals surface area (Å²) in [6.07, 6.45) is 1.99. The van der Waals surface area contributed by atoms with Gasteiger partial charge >= 0.3 is 0 Å². The molecular formula is C8H18BrNO2S. The monoisotopic (exact) mass is 271 g/mol. The van der Waals surface area contributed by atoms with Crippen molar-refractivity contribution in [1.82, 2.24) is 4.90 Å². The fraction of sp³-hybridized carbons (Fsp3) is 1.00. The van der Waals surface area contributed by atoms with E-state index in [4.69, 9.17) is 0 Å². The maximum Gasteiger partial charge on any atom is 0.147 e. The second-order valence-corrected chi connectivity index (χ2v) is 6.37. The molecule has 0 aromatic heterocycles. The zero-order valence-corrected chi connectivity index (χ0v) is 10.9. The highest BCUT2D eigenvalue weighted by Gasteiger charge is 2.08. The lowest BCUT2D eigenvalue weighted by Crippen LogP contribution is -2.31. The van der Waals surface area contributed by atoms with E-state index in [1.165, 1.54) is 6.26 Å². The van der Waals surface area contributed by atoms with Gasteiger partial charge < -0.3 is 4.90 Å². The van der Waals surface area contributed by atoms with Crippen LogP contribution in [0.2, 0.25) is 0 Å². The van der Waals surface area contributed by atoms with E-state index in [9.17, 15) is 8.42 Å². The fourth-order valence-electron chi connectivity index (χ4n) is 0.914. The first-order valence-corrected chi connectivity index (χ1v) is 7.49. The first-order chi connectivity index (χ1) is 5.87. The topological polar surface area (TPSA) is 37.4 Å². The van der Waals surface area contributed by atoms with Gasteiger partial charge in [-0.05, 0) is 26.9 Å². The van der Waals surface area contributed by atoms with Crippen molar-refractivity contribution in [1.29, 1.82) is 0 Å². The summed E-state index contributed by atoms with van der Waals surface area (Å²) in [4.78, 5) is 2.15. The van der Waals surface area contributed by atoms with Gasteiger partial charge in [0.05, 0.1) is 5.75 Å². The van der Waals surface area contributed by atoms with Gasteiger partial charge in [-0.15, -0.1) is 0 Å². The van der Waals surface area contributed by atoms with Crippen LogP contribution in [0.1, 0.15) is 13.3 Å². The van der Waals surface area contributed by atoms with Gasteiger partial charge in [-0.25, -0.2) is 8.42 Å². The van der Waals surface area contributed by atoms with Gasteiger partial charge in [0.1, 0.15) is 9.84 Å². The Morgan fingerprint density at radius 2 is 2.00 bits per heavy atom. The van der Waals surface area contributed by atoms with E-state index in [1.54, 1.807) is 0 Å². The van der Waals surface area contributed by atoms with E-state index in [0.717, 1.165) is 11.9 Å². The summed E-state index contributed by atoms with van der Waals surface area (Å²) in [5.41, 5.74) is 0. The number of hydrogen-bond donors (Lipinski definition) is 0. The third kappa shape index (κ3) is 7.46. The number of nitrogens with zero attached hydrogens (tertiary/aromatic N) is 1. The number of alkyl halides is 1. The Bertz CT molecular complexity index is 228. The number of rotatable bonds is 6. The SMILES string of the molecule is CC(CBr)N(C)CCCS(C)(=O)=O. The molecule has 13 heavy (non-hydrogen) atoms. The summed E-state index contributed by atoms with van der Waals surface area (Å²) in [7, 11) is -0.782. The third-order valence-electron chi connectivity index (χ3n) is 2.00. The van der Waals surface area contributed by atoms with Crippen LogP contribution in [0.3, 0.4) is 0 Å². The minimum absolute atomic E-state index is 0.284. The molecule has 0 rings (SSSR count). The van der Waals surface area contributed by atoms with Crippen molar-refractivity contribution >= 4 is 25.8 Å². The quantitative estimate of drug-likeness (QED) is 0.680. The highest BCUT2D eigenvalue weighted by molar-refractivity contribution is 9.09. The lowest BCUT2D eigenvalue weighted by atomic mass is 10.3. The molecule has 5 heteroatoms. The summed E-state index contributed by atoms with van der Waals surface area (Å²) in [5.74, 6) is 0.284. The molecule has 0 N–H and O–H groups in total. The van der Waals surface area contributed by atoms with Gasteiger partial charge in [0.15, 0.2) is 0 Å². The summed E-state index contributed by atoms with van der Waals surface area (Å²) in [6, 6.07) is 0.458. The molecule has 0 aliphatic rings. The highest BCUT2D eigenvalue weighted by Crippen LogP contribution is 2.01. The van der Waals surface area contributed by atoms with Crippen molar-refractivity contribution < 1.29 is 8.42 Å². The van der Waals surface area contributed by atoms with Crippen LogP contribution in [0.5, 0.6) is 0 Å². The molecule has 1 unspecified atom stereocenters. The summed E-state index contributed by atoms with van der Waals surface area (Å²) < 4.78 is 21.6. The van der Waals surface area contributed by atoms with Crippen LogP contribution in [0.25, 0.3) is 0 Å². The first-order valence-electron chi connectivity index (χ1n) is 4.30. The maximum absolute atomic E-state index is 10.8. The van der Waals surface area contributed by atoms with E-state index in [2.05, 4.69) is 27.8 Å². The van der Waals surface area contributed by atoms with Crippen LogP contribution in [0.4, 0.5) is 0 Å². The summed E-state index contributed by atoms with van der Waals surface area (Å²) in [5, 5.41) is 0.919. The molecule has 0 saturated carbocycles. The van der Waals surface area contributed by atoms with Gasteiger partial charge in [-0.2, -0.15) is 0 Å². The van der Waals surface area contributed by atoms with Crippen molar-refractivity contribution in [2.24, 2.45) is 0 Å². The molecule has 80 valence electrons. The van der Waals surface area contributed by atoms with Crippen molar-refractivity contribution in [3.63, 3.8) is 0 Å². The minimum atomic E-state index is -2.79. The Labute approximate surface area is 89.5 Å². The third-order valence-corrected chi connectivity index (χ3v) is 3.97. The Morgan fingerprint density at radius 1 is 1.46 bits per heavy atom. The molecule has 0 bridgehead atoms. The standard InChI is InChI=1S/C8H18BrNO2S/c1-8(7-9)10(2)5-4-6-13(3,11)12/h8H,4-7H2,1-3H3. The van der Waals surface area contributed by atoms with Crippen LogP contribution >= 0.6 is 15.9 Å². The van der Waals surface area contributed by atoms with Crippen molar-refractivity contribution in [3.8, 4) is 0 Å². The van der Waals surface area contributed by atoms with E-state index < -0.39 is 9.84 Å². The van der Waals surface area contributed by atoms with Gasteiger partial charge in [-0.3, -0.25) is 0 Å². The largest absolute Gasteiger partial charge is 0.303 e. The molecule has 0 heterocycles. The zero-order valence-electron chi connectivity index (χ0n) is 8.46. The molecule has 0 radical (unpaired) electrons. The molecule has 3 nitrogen and oxygen atoms in total. The Kier molecular flexibility index (Phi) is 6.16. The second-order valence-electron chi connectivity index (χ2n) is 3.47. The molecule has 0 aromatic rings. The van der Waals surface area contributed by atoms with E-state index in [1.807, 2.05) is 7.05 Å². The highest BCUT2D eigenvalue weighted by atomic mass is 79.9. The van der Waals surface area contributed by atoms with Gasteiger partial charge in [-0.1, -0.05) is 15.9 Å². The second kappa shape index (κ2) is 5.98. The molecule has 0 aliphatic heterocycles. The van der Waals surface area contributed by atoms with E-state index in [0.29, 0.717) is 12.5 Å². The van der Waals surface area contributed by atoms with Crippen LogP contribution in [0.15, 0.2) is 0 Å². The molecule has 0 aromatic carbocycles. The lowest BCUT2D eigenvalue weighted by Gasteiger charge is -2.22. The lowest BCUT2D eigenvalue weighted by molar-refractivity contribution is 0.280. The van der Waals surface area contributed by atoms with E-state index >= 15 is 0 Å². The summed E-state index contributed by atoms with van der Waals surface area (Å²) in [6.45, 7) is 2.94. The molecule has 0 amide bonds. The Hall–Kier alpha value is 0.390. The van der Waals surface area contributed by atoms with Crippen molar-refractivity contribution in [2.75, 3.05) is 30.9 Å². The molecule has 0 aliphatic carbocycles. The molecular weight excluding hydrogens is 254 g/mol.